The molecule has 1 heterocycles. The zero-order chi connectivity index (χ0) is 8.27. The van der Waals surface area contributed by atoms with Crippen LogP contribution in [0.3, 0.4) is 0 Å². The van der Waals surface area contributed by atoms with Crippen LogP contribution in [0, 0.1) is 6.92 Å². The van der Waals surface area contributed by atoms with E-state index in [1.54, 1.807) is 28.5 Å². The molecule has 11 heavy (non-hydrogen) atoms. The lowest BCUT2D eigenvalue weighted by molar-refractivity contribution is 0.372. The Morgan fingerprint density at radius 2 is 2.18 bits per heavy atom. The normalized spacial score (nSPS) is 10.4. The Labute approximate surface area is 71.9 Å². The average molecular weight is 192 g/mol. The molecule has 3 nitrogen and oxygen atoms in total. The molecule has 5 heteroatoms. The van der Waals surface area contributed by atoms with Gasteiger partial charge in [-0.15, -0.1) is 0 Å². The summed E-state index contributed by atoms with van der Waals surface area (Å²) in [5.41, 5.74) is 0. The summed E-state index contributed by atoms with van der Waals surface area (Å²) in [6, 6.07) is 0. The highest BCUT2D eigenvalue weighted by molar-refractivity contribution is 8.76. The van der Waals surface area contributed by atoms with Crippen molar-refractivity contribution in [3.05, 3.63) is 22.1 Å². The van der Waals surface area contributed by atoms with Crippen LogP contribution in [0.15, 0.2) is 13.6 Å². The van der Waals surface area contributed by atoms with Crippen LogP contribution >= 0.6 is 21.6 Å². The van der Waals surface area contributed by atoms with Crippen molar-refractivity contribution in [2.45, 2.75) is 12.7 Å². The maximum absolute atomic E-state index is 10.5. The van der Waals surface area contributed by atoms with E-state index in [-0.39, 0.29) is 0 Å². The van der Waals surface area contributed by atoms with E-state index < -0.39 is 5.82 Å². The van der Waals surface area contributed by atoms with Crippen molar-refractivity contribution >= 4 is 21.6 Å². The van der Waals surface area contributed by atoms with Gasteiger partial charge in [0.05, 0.1) is 5.75 Å². The lowest BCUT2D eigenvalue weighted by atomic mass is 10.4. The molecule has 0 saturated heterocycles. The molecule has 0 fully saturated rings. The summed E-state index contributed by atoms with van der Waals surface area (Å²) in [5.74, 6) is 1.28. The third-order valence-corrected chi connectivity index (χ3v) is 2.82. The Morgan fingerprint density at radius 3 is 2.64 bits per heavy atom. The minimum Gasteiger partial charge on any atom is -0.396 e. The third-order valence-electron chi connectivity index (χ3n) is 1.14. The van der Waals surface area contributed by atoms with Crippen LogP contribution in [0.5, 0.6) is 0 Å². The monoisotopic (exact) mass is 192 g/mol. The fraction of sp³-hybridized carbons (Fsp3) is 0.500. The molecule has 62 valence electrons. The average Bonchev–Trinajstić information content (AvgIpc) is 2.26. The van der Waals surface area contributed by atoms with Gasteiger partial charge in [0.25, 0.3) is 0 Å². The zero-order valence-electron chi connectivity index (χ0n) is 6.25. The van der Waals surface area contributed by atoms with Gasteiger partial charge in [-0.05, 0) is 13.2 Å². The quantitative estimate of drug-likeness (QED) is 0.686. The maximum atomic E-state index is 10.5. The molecule has 0 spiro atoms. The van der Waals surface area contributed by atoms with Crippen molar-refractivity contribution in [1.82, 2.24) is 0 Å². The van der Waals surface area contributed by atoms with Crippen LogP contribution in [0.2, 0.25) is 0 Å². The van der Waals surface area contributed by atoms with Crippen molar-refractivity contribution in [1.29, 1.82) is 0 Å². The van der Waals surface area contributed by atoms with Crippen molar-refractivity contribution in [3.8, 4) is 0 Å². The van der Waals surface area contributed by atoms with E-state index in [0.29, 0.717) is 17.3 Å². The van der Waals surface area contributed by atoms with Gasteiger partial charge in [0.2, 0.25) is 0 Å². The molecule has 0 aromatic carbocycles. The summed E-state index contributed by atoms with van der Waals surface area (Å²) in [6.07, 6.45) is 1.97. The zero-order valence-corrected chi connectivity index (χ0v) is 7.88. The standard InChI is InChI=1S/C6H8O3S2/c1-4-5(3-11-10-2)9-6(7)8-4/h3H2,1-2H3. The fourth-order valence-electron chi connectivity index (χ4n) is 0.619. The van der Waals surface area contributed by atoms with E-state index in [9.17, 15) is 4.79 Å². The second-order valence-corrected chi connectivity index (χ2v) is 4.43. The molecule has 0 aliphatic heterocycles. The lowest BCUT2D eigenvalue weighted by Gasteiger charge is -1.90. The summed E-state index contributed by atoms with van der Waals surface area (Å²) in [4.78, 5) is 10.5. The molecule has 0 aliphatic carbocycles. The summed E-state index contributed by atoms with van der Waals surface area (Å²) < 4.78 is 9.43. The summed E-state index contributed by atoms with van der Waals surface area (Å²) in [7, 11) is 3.24. The van der Waals surface area contributed by atoms with Crippen LogP contribution in [-0.2, 0) is 5.75 Å². The first-order valence-electron chi connectivity index (χ1n) is 2.99. The third kappa shape index (κ3) is 2.34. The fourth-order valence-corrected chi connectivity index (χ4v) is 1.78. The Morgan fingerprint density at radius 1 is 1.45 bits per heavy atom. The Balaban J connectivity index is 2.69. The van der Waals surface area contributed by atoms with Crippen molar-refractivity contribution in [3.63, 3.8) is 0 Å². The number of hydrogen-bond acceptors (Lipinski definition) is 5. The second kappa shape index (κ2) is 3.92. The molecule has 0 N–H and O–H groups in total. The first kappa shape index (κ1) is 8.80. The van der Waals surface area contributed by atoms with E-state index in [0.717, 1.165) is 0 Å². The number of rotatable bonds is 3. The molecule has 1 rings (SSSR count). The van der Waals surface area contributed by atoms with Gasteiger partial charge in [0, 0.05) is 0 Å². The summed E-state index contributed by atoms with van der Waals surface area (Å²) in [5, 5.41) is 0. The van der Waals surface area contributed by atoms with Crippen molar-refractivity contribution in [2.24, 2.45) is 0 Å². The number of aryl methyl sites for hydroxylation is 1. The second-order valence-electron chi connectivity index (χ2n) is 1.86. The molecular formula is C6H8O3S2. The minimum atomic E-state index is -0.612. The van der Waals surface area contributed by atoms with E-state index in [2.05, 4.69) is 4.42 Å². The van der Waals surface area contributed by atoms with E-state index in [1.165, 1.54) is 0 Å². The molecule has 0 radical (unpaired) electrons. The number of hydrogen-bond donors (Lipinski definition) is 0. The highest BCUT2D eigenvalue weighted by Gasteiger charge is 2.06. The maximum Gasteiger partial charge on any atom is 0.519 e. The van der Waals surface area contributed by atoms with Gasteiger partial charge in [0.15, 0.2) is 5.76 Å². The van der Waals surface area contributed by atoms with Crippen LogP contribution in [0.25, 0.3) is 0 Å². The highest BCUT2D eigenvalue weighted by atomic mass is 33.1. The topological polar surface area (TPSA) is 43.4 Å². The van der Waals surface area contributed by atoms with Crippen LogP contribution in [0.1, 0.15) is 11.5 Å². The van der Waals surface area contributed by atoms with Gasteiger partial charge < -0.3 is 8.83 Å². The molecule has 0 bridgehead atoms. The summed E-state index contributed by atoms with van der Waals surface area (Å²) >= 11 is 0. The van der Waals surface area contributed by atoms with Gasteiger partial charge in [0.1, 0.15) is 5.76 Å². The Hall–Kier alpha value is -0.290. The van der Waals surface area contributed by atoms with E-state index in [4.69, 9.17) is 4.42 Å². The SMILES string of the molecule is CSSCc1oc(=O)oc1C. The molecule has 1 aromatic heterocycles. The minimum absolute atomic E-state index is 0.580. The lowest BCUT2D eigenvalue weighted by Crippen LogP contribution is -1.85. The van der Waals surface area contributed by atoms with Gasteiger partial charge >= 0.3 is 5.82 Å². The first-order valence-corrected chi connectivity index (χ1v) is 5.71. The predicted molar refractivity (Wildman–Crippen MR) is 46.8 cm³/mol. The molecule has 0 aliphatic rings. The van der Waals surface area contributed by atoms with Crippen LogP contribution < -0.4 is 5.82 Å². The largest absolute Gasteiger partial charge is 0.519 e. The summed E-state index contributed by atoms with van der Waals surface area (Å²) in [6.45, 7) is 1.72. The van der Waals surface area contributed by atoms with Gasteiger partial charge in [-0.3, -0.25) is 0 Å². The molecular weight excluding hydrogens is 184 g/mol. The van der Waals surface area contributed by atoms with Crippen LogP contribution in [0.4, 0.5) is 0 Å². The molecule has 0 saturated carbocycles. The predicted octanol–water partition coefficient (Wildman–Crippen LogP) is 2.05. The highest BCUT2D eigenvalue weighted by Crippen LogP contribution is 2.23. The van der Waals surface area contributed by atoms with Gasteiger partial charge in [-0.1, -0.05) is 21.6 Å². The Kier molecular flexibility index (Phi) is 3.14. The van der Waals surface area contributed by atoms with Gasteiger partial charge in [-0.25, -0.2) is 4.79 Å². The molecule has 0 unspecified atom stereocenters. The van der Waals surface area contributed by atoms with E-state index in [1.807, 2.05) is 6.26 Å². The van der Waals surface area contributed by atoms with E-state index >= 15 is 0 Å². The van der Waals surface area contributed by atoms with Gasteiger partial charge in [-0.2, -0.15) is 0 Å². The first-order chi connectivity index (χ1) is 5.24. The smallest absolute Gasteiger partial charge is 0.396 e. The molecule has 0 atom stereocenters. The van der Waals surface area contributed by atoms with Crippen LogP contribution in [-0.4, -0.2) is 6.26 Å². The molecule has 1 aromatic rings. The Bertz CT molecular complexity index is 276. The van der Waals surface area contributed by atoms with Crippen molar-refractivity contribution < 1.29 is 8.83 Å². The van der Waals surface area contributed by atoms with Crippen molar-refractivity contribution in [2.75, 3.05) is 6.26 Å². The molecule has 0 amide bonds.